The van der Waals surface area contributed by atoms with Gasteiger partial charge >= 0.3 is 0 Å². The van der Waals surface area contributed by atoms with Gasteiger partial charge in [0.2, 0.25) is 0 Å². The summed E-state index contributed by atoms with van der Waals surface area (Å²) in [6, 6.07) is 16.1. The van der Waals surface area contributed by atoms with Gasteiger partial charge in [-0.05, 0) is 44.1 Å². The molecule has 0 unspecified atom stereocenters. The molecule has 0 aliphatic rings. The molecule has 2 aromatic carbocycles. The van der Waals surface area contributed by atoms with Crippen LogP contribution in [0.3, 0.4) is 0 Å². The molecule has 0 aliphatic heterocycles. The van der Waals surface area contributed by atoms with Crippen LogP contribution in [-0.2, 0) is 6.42 Å². The second-order valence-corrected chi connectivity index (χ2v) is 8.19. The summed E-state index contributed by atoms with van der Waals surface area (Å²) >= 11 is 0. The van der Waals surface area contributed by atoms with E-state index in [1.54, 1.807) is 7.05 Å². The molecule has 7 N–H and O–H groups in total. The molecule has 10 nitrogen and oxygen atoms in total. The van der Waals surface area contributed by atoms with Crippen molar-refractivity contribution in [2.75, 3.05) is 38.5 Å². The number of rotatable bonds is 11. The summed E-state index contributed by atoms with van der Waals surface area (Å²) in [7, 11) is 1.59. The summed E-state index contributed by atoms with van der Waals surface area (Å²) in [6.45, 7) is 3.35. The van der Waals surface area contributed by atoms with E-state index in [0.29, 0.717) is 18.8 Å². The Hall–Kier alpha value is -3.89. The third kappa shape index (κ3) is 5.97. The van der Waals surface area contributed by atoms with Gasteiger partial charge in [0.25, 0.3) is 0 Å². The molecule has 0 amide bonds. The third-order valence-electron chi connectivity index (χ3n) is 5.66. The maximum absolute atomic E-state index is 5.56. The minimum absolute atomic E-state index is 0.365. The van der Waals surface area contributed by atoms with Crippen LogP contribution in [0.4, 0.5) is 5.82 Å². The Bertz CT molecular complexity index is 1310. The van der Waals surface area contributed by atoms with Crippen molar-refractivity contribution < 1.29 is 0 Å². The number of nitrogens with zero attached hydrogens (tertiary/aromatic N) is 5. The Labute approximate surface area is 204 Å². The van der Waals surface area contributed by atoms with Gasteiger partial charge in [0.15, 0.2) is 5.84 Å². The predicted octanol–water partition coefficient (Wildman–Crippen LogP) is 3.14. The minimum Gasteiger partial charge on any atom is -0.369 e. The van der Waals surface area contributed by atoms with Crippen LogP contribution in [0.2, 0.25) is 0 Å². The van der Waals surface area contributed by atoms with Crippen molar-refractivity contribution in [1.82, 2.24) is 20.3 Å². The maximum atomic E-state index is 5.56. The number of hydrogen-bond donors (Lipinski definition) is 5. The molecular formula is C25H32N10. The van der Waals surface area contributed by atoms with E-state index in [1.807, 2.05) is 36.4 Å². The summed E-state index contributed by atoms with van der Waals surface area (Å²) in [5.41, 5.74) is 9.18. The molecule has 0 aliphatic carbocycles. The highest BCUT2D eigenvalue weighted by Gasteiger charge is 2.15. The summed E-state index contributed by atoms with van der Waals surface area (Å²) in [4.78, 5) is 13.2. The van der Waals surface area contributed by atoms with Crippen molar-refractivity contribution in [3.8, 4) is 0 Å². The fourth-order valence-electron chi connectivity index (χ4n) is 4.00. The van der Waals surface area contributed by atoms with Crippen LogP contribution in [0.5, 0.6) is 0 Å². The van der Waals surface area contributed by atoms with Crippen LogP contribution in [0.1, 0.15) is 29.8 Å². The summed E-state index contributed by atoms with van der Waals surface area (Å²) in [5, 5.41) is 20.5. The van der Waals surface area contributed by atoms with Crippen LogP contribution >= 0.6 is 0 Å². The summed E-state index contributed by atoms with van der Waals surface area (Å²) < 4.78 is 0. The Balaban J connectivity index is 1.67. The second-order valence-electron chi connectivity index (χ2n) is 8.19. The number of nitrogens with two attached hydrogens (primary N) is 2. The van der Waals surface area contributed by atoms with E-state index in [-0.39, 0.29) is 0 Å². The number of H-pyrrole nitrogens is 1. The largest absolute Gasteiger partial charge is 0.369 e. The number of anilines is 1. The van der Waals surface area contributed by atoms with Crippen LogP contribution in [0, 0.1) is 0 Å². The van der Waals surface area contributed by atoms with Gasteiger partial charge in [0, 0.05) is 36.5 Å². The van der Waals surface area contributed by atoms with Gasteiger partial charge in [-0.25, -0.2) is 9.97 Å². The Morgan fingerprint density at radius 2 is 1.86 bits per heavy atom. The first kappa shape index (κ1) is 24.2. The van der Waals surface area contributed by atoms with Gasteiger partial charge in [0.05, 0.1) is 5.39 Å². The zero-order chi connectivity index (χ0) is 24.5. The highest BCUT2D eigenvalue weighted by molar-refractivity contribution is 6.13. The van der Waals surface area contributed by atoms with E-state index in [9.17, 15) is 0 Å². The summed E-state index contributed by atoms with van der Waals surface area (Å²) in [5.74, 6) is 7.45. The standard InChI is InChI=1S/C25H32N10/c1-28-35-23(34-27)18-9-10-19-20(16-18)31-25-22(19)24(30-14-6-13-29-12-5-11-26)32-21(33-25)15-17-7-3-2-4-8-17/h2-4,7-10,16,29H,5-6,11-15,26-27H2,1H3,(H2,30,31,32,33)/b34-23-,35-28?. The lowest BCUT2D eigenvalue weighted by atomic mass is 10.1. The van der Waals surface area contributed by atoms with Crippen LogP contribution in [-0.4, -0.2) is 54.0 Å². The lowest BCUT2D eigenvalue weighted by Gasteiger charge is -2.10. The molecule has 0 radical (unpaired) electrons. The SMILES string of the molecule is CN=N/C(=N\N)c1ccc2c(c1)[nH]c1nc(Cc3ccccc3)nc(NCCCNCCCN)c12. The number of hydrazone groups is 1. The summed E-state index contributed by atoms with van der Waals surface area (Å²) in [6.07, 6.45) is 2.60. The van der Waals surface area contributed by atoms with Crippen LogP contribution in [0.15, 0.2) is 63.9 Å². The number of hydrogen-bond acceptors (Lipinski definition) is 8. The average molecular weight is 473 g/mol. The Morgan fingerprint density at radius 3 is 2.63 bits per heavy atom. The molecule has 2 aromatic heterocycles. The smallest absolute Gasteiger partial charge is 0.200 e. The molecule has 0 spiro atoms. The maximum Gasteiger partial charge on any atom is 0.200 e. The van der Waals surface area contributed by atoms with Crippen molar-refractivity contribution in [2.24, 2.45) is 26.9 Å². The molecule has 182 valence electrons. The van der Waals surface area contributed by atoms with Crippen molar-refractivity contribution >= 4 is 33.6 Å². The Kier molecular flexibility index (Phi) is 8.31. The van der Waals surface area contributed by atoms with Gasteiger partial charge in [-0.15, -0.1) is 5.11 Å². The number of nitrogens with one attached hydrogen (secondary N) is 3. The zero-order valence-corrected chi connectivity index (χ0v) is 20.0. The van der Waals surface area contributed by atoms with Gasteiger partial charge in [-0.1, -0.05) is 42.5 Å². The normalized spacial score (nSPS) is 12.2. The zero-order valence-electron chi connectivity index (χ0n) is 20.0. The Morgan fingerprint density at radius 1 is 1.03 bits per heavy atom. The lowest BCUT2D eigenvalue weighted by Crippen LogP contribution is -2.21. The molecular weight excluding hydrogens is 440 g/mol. The quantitative estimate of drug-likeness (QED) is 0.0564. The highest BCUT2D eigenvalue weighted by Crippen LogP contribution is 2.31. The first-order chi connectivity index (χ1) is 17.2. The van der Waals surface area contributed by atoms with E-state index >= 15 is 0 Å². The molecule has 4 rings (SSSR count). The number of benzene rings is 2. The second kappa shape index (κ2) is 12.0. The van der Waals surface area contributed by atoms with Crippen molar-refractivity contribution in [3.63, 3.8) is 0 Å². The van der Waals surface area contributed by atoms with Gasteiger partial charge in [0.1, 0.15) is 17.3 Å². The number of fused-ring (bicyclic) bond motifs is 3. The van der Waals surface area contributed by atoms with Crippen molar-refractivity contribution in [2.45, 2.75) is 19.3 Å². The van der Waals surface area contributed by atoms with E-state index in [2.05, 4.69) is 43.1 Å². The molecule has 0 saturated heterocycles. The molecule has 0 bridgehead atoms. The highest BCUT2D eigenvalue weighted by atomic mass is 15.2. The molecule has 0 atom stereocenters. The first-order valence-electron chi connectivity index (χ1n) is 11.8. The molecule has 2 heterocycles. The van der Waals surface area contributed by atoms with E-state index in [0.717, 1.165) is 77.2 Å². The predicted molar refractivity (Wildman–Crippen MR) is 142 cm³/mol. The number of aromatic nitrogens is 3. The number of amidine groups is 1. The average Bonchev–Trinajstić information content (AvgIpc) is 3.25. The molecule has 35 heavy (non-hydrogen) atoms. The van der Waals surface area contributed by atoms with Gasteiger partial charge in [-0.2, -0.15) is 10.2 Å². The monoisotopic (exact) mass is 472 g/mol. The van der Waals surface area contributed by atoms with E-state index < -0.39 is 0 Å². The fraction of sp³-hybridized carbons (Fsp3) is 0.320. The van der Waals surface area contributed by atoms with Crippen molar-refractivity contribution in [1.29, 1.82) is 0 Å². The van der Waals surface area contributed by atoms with E-state index in [1.165, 1.54) is 0 Å². The van der Waals surface area contributed by atoms with Crippen LogP contribution < -0.4 is 22.2 Å². The molecule has 0 fully saturated rings. The van der Waals surface area contributed by atoms with Gasteiger partial charge in [-0.3, -0.25) is 0 Å². The molecule has 0 saturated carbocycles. The van der Waals surface area contributed by atoms with Crippen molar-refractivity contribution in [3.05, 3.63) is 65.5 Å². The molecule has 10 heteroatoms. The first-order valence-corrected chi connectivity index (χ1v) is 11.8. The fourth-order valence-corrected chi connectivity index (χ4v) is 4.00. The minimum atomic E-state index is 0.365. The lowest BCUT2D eigenvalue weighted by molar-refractivity contribution is 0.636. The van der Waals surface area contributed by atoms with Gasteiger partial charge < -0.3 is 27.2 Å². The van der Waals surface area contributed by atoms with Crippen LogP contribution in [0.25, 0.3) is 21.9 Å². The number of azo groups is 1. The number of aromatic amines is 1. The third-order valence-corrected chi connectivity index (χ3v) is 5.66. The topological polar surface area (TPSA) is 155 Å². The van der Waals surface area contributed by atoms with E-state index in [4.69, 9.17) is 21.5 Å². The molecule has 4 aromatic rings.